The van der Waals surface area contributed by atoms with Crippen LogP contribution in [0.5, 0.6) is 5.75 Å². The largest absolute Gasteiger partial charge is 0.497 e. The Kier molecular flexibility index (Phi) is 8.59. The minimum absolute atomic E-state index is 0. The molecule has 1 aromatic heterocycles. The Hall–Kier alpha value is -2.26. The molecular weight excluding hydrogens is 489 g/mol. The number of nitrogens with one attached hydrogen (secondary N) is 2. The molecule has 0 saturated heterocycles. The lowest BCUT2D eigenvalue weighted by molar-refractivity contribution is 0.414. The summed E-state index contributed by atoms with van der Waals surface area (Å²) in [4.78, 5) is 4.23. The van der Waals surface area contributed by atoms with Gasteiger partial charge in [-0.3, -0.25) is 4.99 Å². The maximum Gasteiger partial charge on any atom is 0.191 e. The van der Waals surface area contributed by atoms with Gasteiger partial charge in [-0.1, -0.05) is 29.8 Å². The van der Waals surface area contributed by atoms with Crippen molar-refractivity contribution in [1.29, 1.82) is 0 Å². The predicted molar refractivity (Wildman–Crippen MR) is 124 cm³/mol. The van der Waals surface area contributed by atoms with E-state index >= 15 is 0 Å². The first-order chi connectivity index (χ1) is 13.2. The smallest absolute Gasteiger partial charge is 0.191 e. The van der Waals surface area contributed by atoms with Crippen LogP contribution in [0.25, 0.3) is 5.69 Å². The van der Waals surface area contributed by atoms with Crippen molar-refractivity contribution < 1.29 is 4.74 Å². The summed E-state index contributed by atoms with van der Waals surface area (Å²) in [6.45, 7) is 1.16. The molecule has 1 heterocycles. The standard InChI is InChI=1S/C20H22ClN5O.HI/c1-22-20(23-13-15-5-3-4-6-19(15)21)24-14-16-11-12-26(25-16)17-7-9-18(27-2)10-8-17;/h3-12H,13-14H2,1-2H3,(H2,22,23,24);1H. The van der Waals surface area contributed by atoms with Gasteiger partial charge in [0.25, 0.3) is 0 Å². The molecule has 0 aliphatic heterocycles. The number of aliphatic imine (C=N–C) groups is 1. The topological polar surface area (TPSA) is 63.5 Å². The third kappa shape index (κ3) is 5.87. The summed E-state index contributed by atoms with van der Waals surface area (Å²) in [6.07, 6.45) is 1.93. The van der Waals surface area contributed by atoms with Gasteiger partial charge in [0.1, 0.15) is 5.75 Å². The number of hydrogen-bond donors (Lipinski definition) is 2. The van der Waals surface area contributed by atoms with E-state index in [2.05, 4.69) is 20.7 Å². The third-order valence-electron chi connectivity index (χ3n) is 4.05. The van der Waals surface area contributed by atoms with Crippen LogP contribution in [0.2, 0.25) is 5.02 Å². The molecule has 0 aliphatic rings. The van der Waals surface area contributed by atoms with Crippen LogP contribution >= 0.6 is 35.6 Å². The van der Waals surface area contributed by atoms with Gasteiger partial charge in [0, 0.05) is 24.8 Å². The van der Waals surface area contributed by atoms with Crippen molar-refractivity contribution in [2.24, 2.45) is 4.99 Å². The maximum atomic E-state index is 6.18. The van der Waals surface area contributed by atoms with Crippen LogP contribution in [0.4, 0.5) is 0 Å². The highest BCUT2D eigenvalue weighted by Gasteiger charge is 2.05. The number of rotatable bonds is 6. The molecular formula is C20H23ClIN5O. The summed E-state index contributed by atoms with van der Waals surface area (Å²) in [6, 6.07) is 17.5. The average Bonchev–Trinajstić information content (AvgIpc) is 3.18. The van der Waals surface area contributed by atoms with Gasteiger partial charge < -0.3 is 15.4 Å². The van der Waals surface area contributed by atoms with Crippen molar-refractivity contribution in [2.75, 3.05) is 14.2 Å². The highest BCUT2D eigenvalue weighted by atomic mass is 127. The lowest BCUT2D eigenvalue weighted by atomic mass is 10.2. The van der Waals surface area contributed by atoms with E-state index in [9.17, 15) is 0 Å². The number of guanidine groups is 1. The molecule has 0 radical (unpaired) electrons. The van der Waals surface area contributed by atoms with E-state index in [1.165, 1.54) is 0 Å². The summed E-state index contributed by atoms with van der Waals surface area (Å²) in [5.41, 5.74) is 2.90. The van der Waals surface area contributed by atoms with Crippen LogP contribution in [0.1, 0.15) is 11.3 Å². The SMILES string of the molecule is CN=C(NCc1ccn(-c2ccc(OC)cc2)n1)NCc1ccccc1Cl.I. The summed E-state index contributed by atoms with van der Waals surface area (Å²) in [7, 11) is 3.39. The van der Waals surface area contributed by atoms with Crippen molar-refractivity contribution in [1.82, 2.24) is 20.4 Å². The minimum Gasteiger partial charge on any atom is -0.497 e. The summed E-state index contributed by atoms with van der Waals surface area (Å²) in [5.74, 6) is 1.51. The van der Waals surface area contributed by atoms with Crippen molar-refractivity contribution in [3.05, 3.63) is 77.1 Å². The molecule has 0 unspecified atom stereocenters. The molecule has 2 N–H and O–H groups in total. The maximum absolute atomic E-state index is 6.18. The average molecular weight is 512 g/mol. The van der Waals surface area contributed by atoms with Crippen LogP contribution in [-0.2, 0) is 13.1 Å². The molecule has 0 aliphatic carbocycles. The zero-order valence-electron chi connectivity index (χ0n) is 15.7. The van der Waals surface area contributed by atoms with E-state index in [-0.39, 0.29) is 24.0 Å². The molecule has 3 aromatic rings. The fourth-order valence-electron chi connectivity index (χ4n) is 2.55. The van der Waals surface area contributed by atoms with E-state index in [0.29, 0.717) is 19.0 Å². The molecule has 2 aromatic carbocycles. The highest BCUT2D eigenvalue weighted by molar-refractivity contribution is 14.0. The Morgan fingerprint density at radius 3 is 2.46 bits per heavy atom. The van der Waals surface area contributed by atoms with Gasteiger partial charge in [-0.15, -0.1) is 24.0 Å². The Balaban J connectivity index is 0.00000280. The van der Waals surface area contributed by atoms with Gasteiger partial charge in [0.15, 0.2) is 5.96 Å². The molecule has 0 fully saturated rings. The lowest BCUT2D eigenvalue weighted by Gasteiger charge is -2.11. The molecule has 28 heavy (non-hydrogen) atoms. The van der Waals surface area contributed by atoms with E-state index < -0.39 is 0 Å². The zero-order chi connectivity index (χ0) is 19.1. The number of benzene rings is 2. The van der Waals surface area contributed by atoms with Crippen LogP contribution in [0.3, 0.4) is 0 Å². The van der Waals surface area contributed by atoms with Crippen LogP contribution in [0.15, 0.2) is 65.8 Å². The summed E-state index contributed by atoms with van der Waals surface area (Å²) in [5, 5.41) is 11.8. The van der Waals surface area contributed by atoms with Gasteiger partial charge in [0.2, 0.25) is 0 Å². The van der Waals surface area contributed by atoms with Crippen LogP contribution in [0, 0.1) is 0 Å². The van der Waals surface area contributed by atoms with Gasteiger partial charge in [-0.25, -0.2) is 4.68 Å². The predicted octanol–water partition coefficient (Wildman–Crippen LogP) is 4.02. The van der Waals surface area contributed by atoms with Gasteiger partial charge >= 0.3 is 0 Å². The Labute approximate surface area is 187 Å². The number of ether oxygens (including phenoxy) is 1. The van der Waals surface area contributed by atoms with Crippen molar-refractivity contribution in [3.8, 4) is 11.4 Å². The number of hydrogen-bond acceptors (Lipinski definition) is 3. The van der Waals surface area contributed by atoms with E-state index in [1.54, 1.807) is 14.2 Å². The molecule has 0 spiro atoms. The quantitative estimate of drug-likeness (QED) is 0.298. The fourth-order valence-corrected chi connectivity index (χ4v) is 2.75. The normalized spacial score (nSPS) is 10.9. The summed E-state index contributed by atoms with van der Waals surface area (Å²) >= 11 is 6.18. The second kappa shape index (κ2) is 10.9. The van der Waals surface area contributed by atoms with E-state index in [4.69, 9.17) is 16.3 Å². The fraction of sp³-hybridized carbons (Fsp3) is 0.200. The molecule has 0 bridgehead atoms. The number of methoxy groups -OCH3 is 1. The molecule has 0 amide bonds. The Morgan fingerprint density at radius 2 is 1.79 bits per heavy atom. The first kappa shape index (κ1) is 22.0. The molecule has 0 saturated carbocycles. The van der Waals surface area contributed by atoms with E-state index in [0.717, 1.165) is 27.7 Å². The summed E-state index contributed by atoms with van der Waals surface area (Å²) < 4.78 is 7.01. The van der Waals surface area contributed by atoms with Crippen molar-refractivity contribution >= 4 is 41.5 Å². The second-order valence-electron chi connectivity index (χ2n) is 5.82. The van der Waals surface area contributed by atoms with Gasteiger partial charge in [-0.2, -0.15) is 5.10 Å². The Morgan fingerprint density at radius 1 is 1.07 bits per heavy atom. The number of aromatic nitrogens is 2. The first-order valence-corrected chi connectivity index (χ1v) is 8.94. The van der Waals surface area contributed by atoms with Crippen molar-refractivity contribution in [2.45, 2.75) is 13.1 Å². The minimum atomic E-state index is 0. The third-order valence-corrected chi connectivity index (χ3v) is 4.41. The Bertz CT molecular complexity index is 911. The second-order valence-corrected chi connectivity index (χ2v) is 6.23. The zero-order valence-corrected chi connectivity index (χ0v) is 18.8. The number of halogens is 2. The molecule has 3 rings (SSSR count). The highest BCUT2D eigenvalue weighted by Crippen LogP contribution is 2.15. The first-order valence-electron chi connectivity index (χ1n) is 8.56. The monoisotopic (exact) mass is 511 g/mol. The van der Waals surface area contributed by atoms with Crippen LogP contribution < -0.4 is 15.4 Å². The molecule has 6 nitrogen and oxygen atoms in total. The molecule has 0 atom stereocenters. The molecule has 8 heteroatoms. The van der Waals surface area contributed by atoms with Gasteiger partial charge in [-0.05, 0) is 42.0 Å². The van der Waals surface area contributed by atoms with Crippen LogP contribution in [-0.4, -0.2) is 29.9 Å². The molecule has 148 valence electrons. The number of nitrogens with zero attached hydrogens (tertiary/aromatic N) is 3. The van der Waals surface area contributed by atoms with Gasteiger partial charge in [0.05, 0.1) is 25.0 Å². The van der Waals surface area contributed by atoms with E-state index in [1.807, 2.05) is 65.5 Å². The van der Waals surface area contributed by atoms with Crippen molar-refractivity contribution in [3.63, 3.8) is 0 Å². The lowest BCUT2D eigenvalue weighted by Crippen LogP contribution is -2.36.